The Bertz CT molecular complexity index is 898. The van der Waals surface area contributed by atoms with Gasteiger partial charge < -0.3 is 5.32 Å². The lowest BCUT2D eigenvalue weighted by molar-refractivity contribution is -0.116. The first-order valence-corrected chi connectivity index (χ1v) is 8.49. The Hall–Kier alpha value is -2.48. The van der Waals surface area contributed by atoms with Crippen LogP contribution in [0.1, 0.15) is 17.0 Å². The standard InChI is InChI=1S/C17H17BrFN5O/c1-11-7-16(20-17(25)10-23-9-14(18)12(2)21-23)22-24(11)8-13-5-3-4-6-15(13)19/h3-7,9H,8,10H2,1-2H3,(H,20,22,25). The van der Waals surface area contributed by atoms with Gasteiger partial charge in [-0.25, -0.2) is 4.39 Å². The summed E-state index contributed by atoms with van der Waals surface area (Å²) in [5.74, 6) is -0.0741. The van der Waals surface area contributed by atoms with Gasteiger partial charge in [0.25, 0.3) is 0 Å². The second-order valence-corrected chi connectivity index (χ2v) is 6.58. The van der Waals surface area contributed by atoms with Crippen LogP contribution in [0.3, 0.4) is 0 Å². The van der Waals surface area contributed by atoms with Crippen LogP contribution in [0.5, 0.6) is 0 Å². The van der Waals surface area contributed by atoms with Crippen LogP contribution in [0.4, 0.5) is 10.2 Å². The number of amides is 1. The van der Waals surface area contributed by atoms with Gasteiger partial charge in [-0.2, -0.15) is 10.2 Å². The zero-order valence-electron chi connectivity index (χ0n) is 13.8. The van der Waals surface area contributed by atoms with E-state index < -0.39 is 0 Å². The van der Waals surface area contributed by atoms with E-state index in [1.54, 1.807) is 39.8 Å². The van der Waals surface area contributed by atoms with Crippen molar-refractivity contribution in [3.63, 3.8) is 0 Å². The topological polar surface area (TPSA) is 64.7 Å². The molecule has 1 amide bonds. The molecule has 3 aromatic rings. The number of carbonyl (C=O) groups excluding carboxylic acids is 1. The summed E-state index contributed by atoms with van der Waals surface area (Å²) in [6, 6.07) is 8.32. The van der Waals surface area contributed by atoms with Crippen LogP contribution in [-0.2, 0) is 17.9 Å². The van der Waals surface area contributed by atoms with Gasteiger partial charge in [-0.05, 0) is 35.8 Å². The Kier molecular flexibility index (Phi) is 4.98. The highest BCUT2D eigenvalue weighted by molar-refractivity contribution is 9.10. The molecule has 2 heterocycles. The minimum atomic E-state index is -0.275. The van der Waals surface area contributed by atoms with E-state index in [-0.39, 0.29) is 18.3 Å². The van der Waals surface area contributed by atoms with Gasteiger partial charge >= 0.3 is 0 Å². The summed E-state index contributed by atoms with van der Waals surface area (Å²) in [6.45, 7) is 4.11. The summed E-state index contributed by atoms with van der Waals surface area (Å²) in [5, 5.41) is 11.3. The minimum Gasteiger partial charge on any atom is -0.308 e. The van der Waals surface area contributed by atoms with E-state index in [9.17, 15) is 9.18 Å². The molecule has 0 aliphatic carbocycles. The minimum absolute atomic E-state index is 0.0889. The second-order valence-electron chi connectivity index (χ2n) is 5.73. The van der Waals surface area contributed by atoms with Crippen LogP contribution < -0.4 is 5.32 Å². The Morgan fingerprint density at radius 1 is 1.28 bits per heavy atom. The number of halogens is 2. The van der Waals surface area contributed by atoms with Gasteiger partial charge in [0.2, 0.25) is 5.91 Å². The molecule has 0 radical (unpaired) electrons. The van der Waals surface area contributed by atoms with Crippen LogP contribution in [0.15, 0.2) is 41.0 Å². The number of carbonyl (C=O) groups is 1. The molecule has 6 nitrogen and oxygen atoms in total. The fraction of sp³-hybridized carbons (Fsp3) is 0.235. The third kappa shape index (κ3) is 4.14. The Balaban J connectivity index is 1.67. The average Bonchev–Trinajstić information content (AvgIpc) is 3.03. The molecular formula is C17H17BrFN5O. The fourth-order valence-corrected chi connectivity index (χ4v) is 2.74. The number of nitrogens with zero attached hydrogens (tertiary/aromatic N) is 4. The Morgan fingerprint density at radius 2 is 2.04 bits per heavy atom. The molecule has 1 aromatic carbocycles. The third-order valence-corrected chi connectivity index (χ3v) is 4.50. The predicted octanol–water partition coefficient (Wildman–Crippen LogP) is 3.29. The Morgan fingerprint density at radius 3 is 2.72 bits per heavy atom. The summed E-state index contributed by atoms with van der Waals surface area (Å²) in [6.07, 6.45) is 1.75. The SMILES string of the molecule is Cc1nn(CC(=O)Nc2cc(C)n(Cc3ccccc3F)n2)cc1Br. The molecule has 130 valence electrons. The molecular weight excluding hydrogens is 389 g/mol. The van der Waals surface area contributed by atoms with Gasteiger partial charge in [0, 0.05) is 23.5 Å². The molecule has 0 saturated heterocycles. The largest absolute Gasteiger partial charge is 0.308 e. The van der Waals surface area contributed by atoms with Crippen molar-refractivity contribution in [1.29, 1.82) is 0 Å². The first-order valence-electron chi connectivity index (χ1n) is 7.69. The highest BCUT2D eigenvalue weighted by Gasteiger charge is 2.11. The summed E-state index contributed by atoms with van der Waals surface area (Å²) in [5.41, 5.74) is 2.19. The van der Waals surface area contributed by atoms with Crippen molar-refractivity contribution < 1.29 is 9.18 Å². The van der Waals surface area contributed by atoms with Crippen LogP contribution in [0.2, 0.25) is 0 Å². The fourth-order valence-electron chi connectivity index (χ4n) is 2.42. The van der Waals surface area contributed by atoms with E-state index in [0.717, 1.165) is 15.9 Å². The monoisotopic (exact) mass is 405 g/mol. The van der Waals surface area contributed by atoms with E-state index in [2.05, 4.69) is 31.4 Å². The molecule has 0 aliphatic heterocycles. The van der Waals surface area contributed by atoms with Gasteiger partial charge in [0.1, 0.15) is 12.4 Å². The van der Waals surface area contributed by atoms with Crippen molar-refractivity contribution in [3.05, 3.63) is 63.8 Å². The number of anilines is 1. The lowest BCUT2D eigenvalue weighted by Gasteiger charge is -2.05. The van der Waals surface area contributed by atoms with Crippen molar-refractivity contribution in [2.24, 2.45) is 0 Å². The van der Waals surface area contributed by atoms with E-state index in [4.69, 9.17) is 0 Å². The molecule has 0 bridgehead atoms. The molecule has 0 atom stereocenters. The normalized spacial score (nSPS) is 10.9. The maximum Gasteiger partial charge on any atom is 0.247 e. The van der Waals surface area contributed by atoms with E-state index in [0.29, 0.717) is 17.9 Å². The van der Waals surface area contributed by atoms with Gasteiger partial charge in [-0.3, -0.25) is 14.2 Å². The van der Waals surface area contributed by atoms with Gasteiger partial charge in [0.15, 0.2) is 5.82 Å². The first-order chi connectivity index (χ1) is 11.9. The van der Waals surface area contributed by atoms with E-state index >= 15 is 0 Å². The number of nitrogens with one attached hydrogen (secondary N) is 1. The number of hydrogen-bond acceptors (Lipinski definition) is 3. The lowest BCUT2D eigenvalue weighted by atomic mass is 10.2. The molecule has 0 unspecified atom stereocenters. The molecule has 0 fully saturated rings. The molecule has 1 N–H and O–H groups in total. The van der Waals surface area contributed by atoms with Crippen molar-refractivity contribution in [2.45, 2.75) is 26.9 Å². The molecule has 8 heteroatoms. The van der Waals surface area contributed by atoms with Crippen LogP contribution in [-0.4, -0.2) is 25.5 Å². The number of aryl methyl sites for hydroxylation is 2. The molecule has 2 aromatic heterocycles. The van der Waals surface area contributed by atoms with Crippen molar-refractivity contribution >= 4 is 27.7 Å². The highest BCUT2D eigenvalue weighted by Crippen LogP contribution is 2.15. The van der Waals surface area contributed by atoms with Gasteiger partial charge in [0.05, 0.1) is 16.7 Å². The average molecular weight is 406 g/mol. The maximum absolute atomic E-state index is 13.8. The number of aromatic nitrogens is 4. The number of rotatable bonds is 5. The summed E-state index contributed by atoms with van der Waals surface area (Å²) < 4.78 is 17.8. The van der Waals surface area contributed by atoms with Crippen LogP contribution in [0.25, 0.3) is 0 Å². The van der Waals surface area contributed by atoms with E-state index in [1.165, 1.54) is 6.07 Å². The van der Waals surface area contributed by atoms with Crippen molar-refractivity contribution in [2.75, 3.05) is 5.32 Å². The van der Waals surface area contributed by atoms with Gasteiger partial charge in [-0.15, -0.1) is 0 Å². The zero-order chi connectivity index (χ0) is 18.0. The molecule has 0 saturated carbocycles. The zero-order valence-corrected chi connectivity index (χ0v) is 15.4. The summed E-state index contributed by atoms with van der Waals surface area (Å²) in [7, 11) is 0. The number of hydrogen-bond donors (Lipinski definition) is 1. The third-order valence-electron chi connectivity index (χ3n) is 3.72. The highest BCUT2D eigenvalue weighted by atomic mass is 79.9. The first kappa shape index (κ1) is 17.3. The summed E-state index contributed by atoms with van der Waals surface area (Å²) in [4.78, 5) is 12.1. The lowest BCUT2D eigenvalue weighted by Crippen LogP contribution is -2.19. The number of benzene rings is 1. The molecule has 3 rings (SSSR count). The van der Waals surface area contributed by atoms with Crippen LogP contribution >= 0.6 is 15.9 Å². The summed E-state index contributed by atoms with van der Waals surface area (Å²) >= 11 is 3.36. The van der Waals surface area contributed by atoms with Crippen molar-refractivity contribution in [1.82, 2.24) is 19.6 Å². The van der Waals surface area contributed by atoms with Crippen molar-refractivity contribution in [3.8, 4) is 0 Å². The Labute approximate surface area is 152 Å². The van der Waals surface area contributed by atoms with E-state index in [1.807, 2.05) is 13.8 Å². The smallest absolute Gasteiger partial charge is 0.247 e. The maximum atomic E-state index is 13.8. The molecule has 25 heavy (non-hydrogen) atoms. The quantitative estimate of drug-likeness (QED) is 0.708. The van der Waals surface area contributed by atoms with Crippen LogP contribution in [0, 0.1) is 19.7 Å². The predicted molar refractivity (Wildman–Crippen MR) is 95.8 cm³/mol. The molecule has 0 aliphatic rings. The van der Waals surface area contributed by atoms with Gasteiger partial charge in [-0.1, -0.05) is 18.2 Å². The molecule has 0 spiro atoms. The second kappa shape index (κ2) is 7.18.